The molecule has 0 bridgehead atoms. The Labute approximate surface area is 113 Å². The molecule has 4 N–H and O–H groups in total. The first-order chi connectivity index (χ1) is 9.34. The minimum absolute atomic E-state index is 0.483. The number of aromatic nitrogens is 2. The maximum Gasteiger partial charge on any atom is 0.188 e. The summed E-state index contributed by atoms with van der Waals surface area (Å²) in [6, 6.07) is 1.88. The molecular weight excluding hydrogens is 244 g/mol. The second-order valence-electron chi connectivity index (χ2n) is 4.52. The number of morpholine rings is 1. The molecule has 1 saturated heterocycles. The average Bonchev–Trinajstić information content (AvgIpc) is 2.96. The molecule has 1 aliphatic rings. The number of guanidine groups is 1. The highest BCUT2D eigenvalue weighted by molar-refractivity contribution is 5.77. The fraction of sp³-hybridized carbons (Fsp3) is 0.667. The van der Waals surface area contributed by atoms with Gasteiger partial charge in [0, 0.05) is 25.8 Å². The molecule has 0 saturated carbocycles. The Morgan fingerprint density at radius 1 is 1.53 bits per heavy atom. The van der Waals surface area contributed by atoms with E-state index in [1.54, 1.807) is 6.20 Å². The van der Waals surface area contributed by atoms with Gasteiger partial charge in [-0.3, -0.25) is 10.00 Å². The van der Waals surface area contributed by atoms with Crippen molar-refractivity contribution in [2.24, 2.45) is 10.7 Å². The normalized spacial score (nSPS) is 17.6. The lowest BCUT2D eigenvalue weighted by Crippen LogP contribution is -2.39. The molecule has 0 radical (unpaired) electrons. The van der Waals surface area contributed by atoms with Gasteiger partial charge < -0.3 is 15.8 Å². The van der Waals surface area contributed by atoms with Crippen molar-refractivity contribution < 1.29 is 4.74 Å². The summed E-state index contributed by atoms with van der Waals surface area (Å²) in [6.45, 7) is 6.21. The van der Waals surface area contributed by atoms with Crippen LogP contribution in [0.3, 0.4) is 0 Å². The summed E-state index contributed by atoms with van der Waals surface area (Å²) < 4.78 is 5.31. The largest absolute Gasteiger partial charge is 0.379 e. The Bertz CT molecular complexity index is 372. The van der Waals surface area contributed by atoms with Crippen LogP contribution >= 0.6 is 0 Å². The summed E-state index contributed by atoms with van der Waals surface area (Å²) in [7, 11) is 0. The molecule has 0 atom stereocenters. The van der Waals surface area contributed by atoms with E-state index in [-0.39, 0.29) is 0 Å². The van der Waals surface area contributed by atoms with Crippen molar-refractivity contribution in [3.63, 3.8) is 0 Å². The second-order valence-corrected chi connectivity index (χ2v) is 4.52. The van der Waals surface area contributed by atoms with Gasteiger partial charge in [0.2, 0.25) is 0 Å². The zero-order valence-electron chi connectivity index (χ0n) is 11.1. The minimum atomic E-state index is 0.483. The van der Waals surface area contributed by atoms with Gasteiger partial charge in [0.1, 0.15) is 0 Å². The fourth-order valence-corrected chi connectivity index (χ4v) is 1.94. The molecule has 7 heteroatoms. The van der Waals surface area contributed by atoms with Crippen molar-refractivity contribution in [3.05, 3.63) is 18.0 Å². The molecule has 1 aromatic heterocycles. The monoisotopic (exact) mass is 266 g/mol. The van der Waals surface area contributed by atoms with Crippen molar-refractivity contribution in [2.45, 2.75) is 13.0 Å². The van der Waals surface area contributed by atoms with Crippen LogP contribution in [0.2, 0.25) is 0 Å². The van der Waals surface area contributed by atoms with Gasteiger partial charge in [0.25, 0.3) is 0 Å². The van der Waals surface area contributed by atoms with Gasteiger partial charge in [-0.15, -0.1) is 0 Å². The van der Waals surface area contributed by atoms with Crippen LogP contribution in [0, 0.1) is 0 Å². The minimum Gasteiger partial charge on any atom is -0.379 e. The summed E-state index contributed by atoms with van der Waals surface area (Å²) in [5.41, 5.74) is 6.74. The molecule has 1 aliphatic heterocycles. The van der Waals surface area contributed by atoms with Crippen LogP contribution < -0.4 is 11.1 Å². The van der Waals surface area contributed by atoms with E-state index in [0.717, 1.165) is 51.5 Å². The van der Waals surface area contributed by atoms with Crippen molar-refractivity contribution in [2.75, 3.05) is 39.4 Å². The first-order valence-corrected chi connectivity index (χ1v) is 6.67. The molecule has 2 rings (SSSR count). The number of aliphatic imine (C=N–C) groups is 1. The second kappa shape index (κ2) is 7.75. The standard InChI is InChI=1S/C12H22N6O/c13-12(15-10-11-2-4-16-17-11)14-3-1-5-18-6-8-19-9-7-18/h2,4H,1,3,5-10H2,(H,16,17)(H3,13,14,15). The Kier molecular flexibility index (Phi) is 5.64. The predicted octanol–water partition coefficient (Wildman–Crippen LogP) is -0.464. The first kappa shape index (κ1) is 13.8. The zero-order valence-corrected chi connectivity index (χ0v) is 11.1. The molecule has 0 aromatic carbocycles. The highest BCUT2D eigenvalue weighted by Crippen LogP contribution is 1.97. The summed E-state index contributed by atoms with van der Waals surface area (Å²) >= 11 is 0. The average molecular weight is 266 g/mol. The van der Waals surface area contributed by atoms with Crippen LogP contribution in [0.4, 0.5) is 0 Å². The molecule has 0 unspecified atom stereocenters. The third-order valence-electron chi connectivity index (χ3n) is 3.04. The number of hydrogen-bond donors (Lipinski definition) is 3. The fourth-order valence-electron chi connectivity index (χ4n) is 1.94. The van der Waals surface area contributed by atoms with Crippen LogP contribution in [-0.2, 0) is 11.3 Å². The maximum atomic E-state index is 5.78. The Hall–Kier alpha value is -1.60. The number of aromatic amines is 1. The number of nitrogens with two attached hydrogens (primary N) is 1. The number of ether oxygens (including phenoxy) is 1. The van der Waals surface area contributed by atoms with E-state index in [1.165, 1.54) is 0 Å². The van der Waals surface area contributed by atoms with Crippen molar-refractivity contribution in [3.8, 4) is 0 Å². The quantitative estimate of drug-likeness (QED) is 0.368. The summed E-state index contributed by atoms with van der Waals surface area (Å²) in [5, 5.41) is 9.82. The third kappa shape index (κ3) is 5.27. The van der Waals surface area contributed by atoms with Crippen molar-refractivity contribution in [1.29, 1.82) is 0 Å². The van der Waals surface area contributed by atoms with Gasteiger partial charge in [0.15, 0.2) is 5.96 Å². The lowest BCUT2D eigenvalue weighted by molar-refractivity contribution is 0.0376. The van der Waals surface area contributed by atoms with Crippen LogP contribution in [0.5, 0.6) is 0 Å². The Morgan fingerprint density at radius 2 is 2.37 bits per heavy atom. The van der Waals surface area contributed by atoms with E-state index in [2.05, 4.69) is 25.4 Å². The van der Waals surface area contributed by atoms with E-state index >= 15 is 0 Å². The van der Waals surface area contributed by atoms with E-state index in [4.69, 9.17) is 10.5 Å². The molecule has 1 aromatic rings. The number of nitrogens with one attached hydrogen (secondary N) is 2. The van der Waals surface area contributed by atoms with Gasteiger partial charge in [-0.2, -0.15) is 5.10 Å². The lowest BCUT2D eigenvalue weighted by Gasteiger charge is -2.26. The molecule has 0 amide bonds. The molecular formula is C12H22N6O. The molecule has 7 nitrogen and oxygen atoms in total. The molecule has 1 fully saturated rings. The summed E-state index contributed by atoms with van der Waals surface area (Å²) in [5.74, 6) is 0.483. The molecule has 19 heavy (non-hydrogen) atoms. The maximum absolute atomic E-state index is 5.78. The van der Waals surface area contributed by atoms with Crippen molar-refractivity contribution in [1.82, 2.24) is 20.4 Å². The Balaban J connectivity index is 1.55. The molecule has 0 aliphatic carbocycles. The molecule has 106 valence electrons. The highest BCUT2D eigenvalue weighted by atomic mass is 16.5. The number of rotatable bonds is 6. The van der Waals surface area contributed by atoms with Gasteiger partial charge in [-0.25, -0.2) is 4.99 Å². The van der Waals surface area contributed by atoms with Gasteiger partial charge in [0.05, 0.1) is 25.5 Å². The number of H-pyrrole nitrogens is 1. The number of nitrogens with zero attached hydrogens (tertiary/aromatic N) is 3. The van der Waals surface area contributed by atoms with Gasteiger partial charge >= 0.3 is 0 Å². The van der Waals surface area contributed by atoms with E-state index in [0.29, 0.717) is 12.5 Å². The molecule has 0 spiro atoms. The third-order valence-corrected chi connectivity index (χ3v) is 3.04. The highest BCUT2D eigenvalue weighted by Gasteiger charge is 2.08. The summed E-state index contributed by atoms with van der Waals surface area (Å²) in [6.07, 6.45) is 2.76. The SMILES string of the molecule is NC(=NCc1ccn[nH]1)NCCCN1CCOCC1. The summed E-state index contributed by atoms with van der Waals surface area (Å²) in [4.78, 5) is 6.64. The zero-order chi connectivity index (χ0) is 13.3. The smallest absolute Gasteiger partial charge is 0.188 e. The van der Waals surface area contributed by atoms with Crippen LogP contribution in [-0.4, -0.2) is 60.4 Å². The lowest BCUT2D eigenvalue weighted by atomic mass is 10.3. The van der Waals surface area contributed by atoms with Crippen LogP contribution in [0.25, 0.3) is 0 Å². The van der Waals surface area contributed by atoms with E-state index in [1.807, 2.05) is 6.07 Å². The van der Waals surface area contributed by atoms with Crippen LogP contribution in [0.1, 0.15) is 12.1 Å². The van der Waals surface area contributed by atoms with E-state index in [9.17, 15) is 0 Å². The van der Waals surface area contributed by atoms with Gasteiger partial charge in [-0.1, -0.05) is 0 Å². The molecule has 2 heterocycles. The topological polar surface area (TPSA) is 91.6 Å². The predicted molar refractivity (Wildman–Crippen MR) is 73.8 cm³/mol. The van der Waals surface area contributed by atoms with E-state index < -0.39 is 0 Å². The first-order valence-electron chi connectivity index (χ1n) is 6.67. The number of hydrogen-bond acceptors (Lipinski definition) is 4. The Morgan fingerprint density at radius 3 is 3.11 bits per heavy atom. The van der Waals surface area contributed by atoms with Gasteiger partial charge in [-0.05, 0) is 19.0 Å². The van der Waals surface area contributed by atoms with Crippen molar-refractivity contribution >= 4 is 5.96 Å². The van der Waals surface area contributed by atoms with Crippen LogP contribution in [0.15, 0.2) is 17.3 Å².